The minimum absolute atomic E-state index is 0.0682. The number of aliphatic hydroxyl groups excluding tert-OH is 1. The average molecular weight is 419 g/mol. The predicted molar refractivity (Wildman–Crippen MR) is 106 cm³/mol. The van der Waals surface area contributed by atoms with Gasteiger partial charge in [-0.25, -0.2) is 12.8 Å². The van der Waals surface area contributed by atoms with E-state index < -0.39 is 27.2 Å². The molecular formula is C20H31FO6S. The first kappa shape index (κ1) is 24.4. The topological polar surface area (TPSA) is 101 Å². The zero-order valence-electron chi connectivity index (χ0n) is 16.3. The number of ether oxygens (including phenoxy) is 1. The Kier molecular flexibility index (Phi) is 11.1. The van der Waals surface area contributed by atoms with Crippen molar-refractivity contribution in [2.24, 2.45) is 0 Å². The fourth-order valence-corrected chi connectivity index (χ4v) is 4.15. The molecule has 0 aliphatic rings. The van der Waals surface area contributed by atoms with E-state index in [-0.39, 0.29) is 18.8 Å². The molecule has 0 fully saturated rings. The van der Waals surface area contributed by atoms with E-state index in [4.69, 9.17) is 9.84 Å². The Labute approximate surface area is 166 Å². The van der Waals surface area contributed by atoms with E-state index in [1.165, 1.54) is 30.5 Å². The van der Waals surface area contributed by atoms with Crippen LogP contribution in [0.5, 0.6) is 5.75 Å². The summed E-state index contributed by atoms with van der Waals surface area (Å²) in [6, 6.07) is 5.52. The normalized spacial score (nSPS) is 13.8. The van der Waals surface area contributed by atoms with Crippen LogP contribution >= 0.6 is 0 Å². The molecule has 8 heteroatoms. The molecule has 2 atom stereocenters. The van der Waals surface area contributed by atoms with Gasteiger partial charge in [0.1, 0.15) is 28.0 Å². The maximum atomic E-state index is 12.8. The second-order valence-electron chi connectivity index (χ2n) is 7.15. The molecule has 28 heavy (non-hydrogen) atoms. The third-order valence-electron chi connectivity index (χ3n) is 4.59. The van der Waals surface area contributed by atoms with Crippen LogP contribution in [0.15, 0.2) is 24.3 Å². The van der Waals surface area contributed by atoms with Crippen molar-refractivity contribution in [2.75, 3.05) is 12.9 Å². The quantitative estimate of drug-likeness (QED) is 0.422. The first-order chi connectivity index (χ1) is 13.2. The molecule has 6 nitrogen and oxygen atoms in total. The van der Waals surface area contributed by atoms with Crippen molar-refractivity contribution < 1.29 is 32.6 Å². The number of aliphatic carboxylic acids is 1. The molecular weight excluding hydrogens is 387 g/mol. The lowest BCUT2D eigenvalue weighted by molar-refractivity contribution is -0.137. The van der Waals surface area contributed by atoms with Crippen LogP contribution in [0.1, 0.15) is 57.8 Å². The molecule has 0 bridgehead atoms. The lowest BCUT2D eigenvalue weighted by atomic mass is 10.0. The third-order valence-corrected chi connectivity index (χ3v) is 6.27. The number of hydrogen-bond donors (Lipinski definition) is 2. The van der Waals surface area contributed by atoms with Gasteiger partial charge in [-0.2, -0.15) is 0 Å². The summed E-state index contributed by atoms with van der Waals surface area (Å²) in [5.74, 6) is -0.699. The molecule has 1 aromatic rings. The fourth-order valence-electron chi connectivity index (χ4n) is 2.96. The maximum absolute atomic E-state index is 12.8. The highest BCUT2D eigenvalue weighted by Gasteiger charge is 2.20. The predicted octanol–water partition coefficient (Wildman–Crippen LogP) is 3.57. The lowest BCUT2D eigenvalue weighted by Gasteiger charge is -2.17. The van der Waals surface area contributed by atoms with Crippen LogP contribution in [0.25, 0.3) is 0 Å². The van der Waals surface area contributed by atoms with Gasteiger partial charge in [0.05, 0.1) is 11.4 Å². The highest BCUT2D eigenvalue weighted by Crippen LogP contribution is 2.19. The first-order valence-electron chi connectivity index (χ1n) is 9.65. The van der Waals surface area contributed by atoms with Gasteiger partial charge in [-0.3, -0.25) is 4.79 Å². The number of halogens is 1. The van der Waals surface area contributed by atoms with Crippen LogP contribution in [0.2, 0.25) is 0 Å². The highest BCUT2D eigenvalue weighted by atomic mass is 32.2. The maximum Gasteiger partial charge on any atom is 0.303 e. The molecule has 0 heterocycles. The second kappa shape index (κ2) is 12.7. The summed E-state index contributed by atoms with van der Waals surface area (Å²) < 4.78 is 42.1. The van der Waals surface area contributed by atoms with Crippen LogP contribution in [0, 0.1) is 5.82 Å². The summed E-state index contributed by atoms with van der Waals surface area (Å²) in [6.45, 7) is 0.0682. The van der Waals surface area contributed by atoms with E-state index in [1.54, 1.807) is 0 Å². The minimum atomic E-state index is -3.17. The average Bonchev–Trinajstić information content (AvgIpc) is 2.61. The number of carbonyl (C=O) groups is 1. The monoisotopic (exact) mass is 418 g/mol. The second-order valence-corrected chi connectivity index (χ2v) is 9.47. The van der Waals surface area contributed by atoms with Crippen molar-refractivity contribution in [3.63, 3.8) is 0 Å². The number of sulfone groups is 1. The van der Waals surface area contributed by atoms with Crippen molar-refractivity contribution in [3.8, 4) is 5.75 Å². The fraction of sp³-hybridized carbons (Fsp3) is 0.650. The largest absolute Gasteiger partial charge is 0.491 e. The van der Waals surface area contributed by atoms with E-state index in [0.29, 0.717) is 37.9 Å². The van der Waals surface area contributed by atoms with E-state index >= 15 is 0 Å². The van der Waals surface area contributed by atoms with Crippen molar-refractivity contribution in [1.29, 1.82) is 0 Å². The van der Waals surface area contributed by atoms with Gasteiger partial charge in [-0.1, -0.05) is 19.3 Å². The molecule has 0 unspecified atom stereocenters. The number of carboxylic acids is 1. The third kappa shape index (κ3) is 11.2. The van der Waals surface area contributed by atoms with Gasteiger partial charge in [-0.05, 0) is 56.4 Å². The van der Waals surface area contributed by atoms with Crippen LogP contribution in [-0.4, -0.2) is 48.8 Å². The molecule has 0 saturated carbocycles. The summed E-state index contributed by atoms with van der Waals surface area (Å²) in [4.78, 5) is 10.5. The Balaban J connectivity index is 2.26. The van der Waals surface area contributed by atoms with E-state index in [9.17, 15) is 22.7 Å². The number of benzene rings is 1. The molecule has 1 rings (SSSR count). The van der Waals surface area contributed by atoms with E-state index in [0.717, 1.165) is 19.3 Å². The molecule has 2 N–H and O–H groups in total. The van der Waals surface area contributed by atoms with E-state index in [2.05, 4.69) is 0 Å². The Morgan fingerprint density at radius 2 is 1.64 bits per heavy atom. The van der Waals surface area contributed by atoms with Crippen molar-refractivity contribution >= 4 is 15.8 Å². The van der Waals surface area contributed by atoms with Crippen molar-refractivity contribution in [2.45, 2.75) is 69.1 Å². The van der Waals surface area contributed by atoms with Gasteiger partial charge in [0.25, 0.3) is 0 Å². The molecule has 0 amide bonds. The molecule has 1 aromatic carbocycles. The van der Waals surface area contributed by atoms with Crippen LogP contribution in [-0.2, 0) is 14.6 Å². The molecule has 0 aromatic heterocycles. The van der Waals surface area contributed by atoms with Gasteiger partial charge < -0.3 is 14.9 Å². The Morgan fingerprint density at radius 3 is 2.25 bits per heavy atom. The smallest absolute Gasteiger partial charge is 0.303 e. The van der Waals surface area contributed by atoms with E-state index in [1.807, 2.05) is 0 Å². The summed E-state index contributed by atoms with van der Waals surface area (Å²) in [6.07, 6.45) is 5.61. The number of unbranched alkanes of at least 4 members (excludes halogenated alkanes) is 3. The number of aliphatic hydroxyl groups is 1. The van der Waals surface area contributed by atoms with Crippen LogP contribution < -0.4 is 4.74 Å². The summed E-state index contributed by atoms with van der Waals surface area (Å²) in [5.41, 5.74) is 0. The summed E-state index contributed by atoms with van der Waals surface area (Å²) in [5, 5.41) is 18.2. The number of hydrogen-bond acceptors (Lipinski definition) is 5. The molecule has 0 radical (unpaired) electrons. The summed E-state index contributed by atoms with van der Waals surface area (Å²) >= 11 is 0. The van der Waals surface area contributed by atoms with Gasteiger partial charge in [0.2, 0.25) is 0 Å². The number of carboxylic acid groups (broad SMARTS) is 1. The zero-order chi connectivity index (χ0) is 21.0. The molecule has 0 spiro atoms. The highest BCUT2D eigenvalue weighted by molar-refractivity contribution is 7.91. The van der Waals surface area contributed by atoms with Gasteiger partial charge in [0.15, 0.2) is 0 Å². The molecule has 160 valence electrons. The summed E-state index contributed by atoms with van der Waals surface area (Å²) in [7, 11) is -3.17. The minimum Gasteiger partial charge on any atom is -0.491 e. The van der Waals surface area contributed by atoms with Gasteiger partial charge >= 0.3 is 5.97 Å². The lowest BCUT2D eigenvalue weighted by Crippen LogP contribution is -2.22. The van der Waals surface area contributed by atoms with Gasteiger partial charge in [-0.15, -0.1) is 0 Å². The number of rotatable bonds is 15. The first-order valence-corrected chi connectivity index (χ1v) is 11.6. The van der Waals surface area contributed by atoms with Crippen LogP contribution in [0.4, 0.5) is 4.39 Å². The Morgan fingerprint density at radius 1 is 1.04 bits per heavy atom. The SMILES string of the molecule is CS(=O)(=O)[C@H](CCCCCCC(=O)O)CCC[C@@H](O)COc1ccc(F)cc1. The van der Waals surface area contributed by atoms with Crippen LogP contribution in [0.3, 0.4) is 0 Å². The van der Waals surface area contributed by atoms with Crippen molar-refractivity contribution in [3.05, 3.63) is 30.1 Å². The molecule has 0 saturated heterocycles. The standard InChI is InChI=1S/C20H31FO6S/c1-28(25,26)19(8-4-2-3-5-10-20(23)24)9-6-7-17(22)15-27-18-13-11-16(21)12-14-18/h11-14,17,19,22H,2-10,15H2,1H3,(H,23,24)/t17-,19-/m1/s1. The Bertz CT molecular complexity index is 674. The van der Waals surface area contributed by atoms with Crippen molar-refractivity contribution in [1.82, 2.24) is 0 Å². The zero-order valence-corrected chi connectivity index (χ0v) is 17.2. The van der Waals surface area contributed by atoms with Gasteiger partial charge in [0, 0.05) is 12.7 Å². The molecule has 0 aliphatic carbocycles. The Hall–Kier alpha value is -1.67. The molecule has 0 aliphatic heterocycles.